The first kappa shape index (κ1) is 26.3. The van der Waals surface area contributed by atoms with Gasteiger partial charge in [0.2, 0.25) is 0 Å². The molecule has 204 valence electrons. The Hall–Kier alpha value is -4.95. The van der Waals surface area contributed by atoms with Gasteiger partial charge in [0.15, 0.2) is 5.11 Å². The molecule has 1 aliphatic heterocycles. The summed E-state index contributed by atoms with van der Waals surface area (Å²) in [5, 5.41) is 13.4. The van der Waals surface area contributed by atoms with E-state index in [0.717, 1.165) is 28.3 Å². The van der Waals surface area contributed by atoms with Crippen molar-refractivity contribution in [3.8, 4) is 22.8 Å². The Balaban J connectivity index is 1.35. The van der Waals surface area contributed by atoms with Crippen LogP contribution in [0.15, 0.2) is 108 Å². The molecule has 2 aromatic heterocycles. The van der Waals surface area contributed by atoms with E-state index in [1.54, 1.807) is 24.4 Å². The van der Waals surface area contributed by atoms with Gasteiger partial charge in [-0.3, -0.25) is 4.98 Å². The molecule has 6 rings (SSSR count). The van der Waals surface area contributed by atoms with Gasteiger partial charge < -0.3 is 24.5 Å². The van der Waals surface area contributed by atoms with Crippen molar-refractivity contribution in [2.45, 2.75) is 25.9 Å². The second-order valence-electron chi connectivity index (χ2n) is 9.94. The average Bonchev–Trinajstić information content (AvgIpc) is 3.59. The number of nitrogens with one attached hydrogen (secondary N) is 1. The molecule has 0 radical (unpaired) electrons. The van der Waals surface area contributed by atoms with Crippen LogP contribution in [0, 0.1) is 13.8 Å². The molecule has 2 N–H and O–H groups in total. The number of hydrogen-bond donors (Lipinski definition) is 2. The van der Waals surface area contributed by atoms with Crippen LogP contribution in [0.1, 0.15) is 45.0 Å². The molecule has 41 heavy (non-hydrogen) atoms. The molecular formula is C33H27N3O4S. The smallest absolute Gasteiger partial charge is 0.335 e. The zero-order valence-corrected chi connectivity index (χ0v) is 23.3. The number of furan rings is 1. The monoisotopic (exact) mass is 561 g/mol. The molecule has 3 aromatic carbocycles. The van der Waals surface area contributed by atoms with Crippen molar-refractivity contribution in [2.75, 3.05) is 4.90 Å². The van der Waals surface area contributed by atoms with Crippen molar-refractivity contribution in [2.24, 2.45) is 0 Å². The van der Waals surface area contributed by atoms with Crippen LogP contribution in [0.2, 0.25) is 0 Å². The maximum Gasteiger partial charge on any atom is 0.335 e. The lowest BCUT2D eigenvalue weighted by Gasteiger charge is -2.26. The van der Waals surface area contributed by atoms with Crippen LogP contribution >= 0.6 is 12.2 Å². The number of pyridine rings is 1. The minimum Gasteiger partial charge on any atom is -0.478 e. The number of thiocarbonyl (C=S) groups is 1. The summed E-state index contributed by atoms with van der Waals surface area (Å²) in [6.07, 6.45) is 1.76. The van der Waals surface area contributed by atoms with Crippen molar-refractivity contribution in [1.29, 1.82) is 0 Å². The molecule has 3 heterocycles. The van der Waals surface area contributed by atoms with Crippen LogP contribution in [-0.4, -0.2) is 21.2 Å². The fourth-order valence-corrected chi connectivity index (χ4v) is 5.41. The van der Waals surface area contributed by atoms with E-state index in [1.165, 1.54) is 5.56 Å². The van der Waals surface area contributed by atoms with Crippen LogP contribution in [0.4, 0.5) is 5.69 Å². The van der Waals surface area contributed by atoms with Crippen molar-refractivity contribution < 1.29 is 19.1 Å². The minimum absolute atomic E-state index is 0.236. The zero-order valence-electron chi connectivity index (χ0n) is 22.4. The van der Waals surface area contributed by atoms with Gasteiger partial charge in [0.25, 0.3) is 0 Å². The Morgan fingerprint density at radius 2 is 1.68 bits per heavy atom. The van der Waals surface area contributed by atoms with E-state index in [2.05, 4.69) is 10.3 Å². The summed E-state index contributed by atoms with van der Waals surface area (Å²) in [6, 6.07) is 29.8. The Morgan fingerprint density at radius 1 is 0.951 bits per heavy atom. The second kappa shape index (κ2) is 10.9. The average molecular weight is 562 g/mol. The third-order valence-corrected chi connectivity index (χ3v) is 7.44. The van der Waals surface area contributed by atoms with Gasteiger partial charge in [-0.15, -0.1) is 0 Å². The lowest BCUT2D eigenvalue weighted by atomic mass is 10.0. The molecule has 7 nitrogen and oxygen atoms in total. The minimum atomic E-state index is -0.963. The number of rotatable bonds is 7. The number of nitrogens with zero attached hydrogens (tertiary/aromatic N) is 2. The summed E-state index contributed by atoms with van der Waals surface area (Å²) in [5.41, 5.74) is 4.76. The number of aromatic nitrogens is 1. The molecule has 1 saturated heterocycles. The highest BCUT2D eigenvalue weighted by Gasteiger charge is 2.42. The topological polar surface area (TPSA) is 87.8 Å². The number of hydrogen-bond acceptors (Lipinski definition) is 5. The lowest BCUT2D eigenvalue weighted by Crippen LogP contribution is -2.29. The number of ether oxygens (including phenoxy) is 1. The predicted octanol–water partition coefficient (Wildman–Crippen LogP) is 7.63. The summed E-state index contributed by atoms with van der Waals surface area (Å²) in [7, 11) is 0. The molecule has 0 bridgehead atoms. The number of carboxylic acids is 1. The van der Waals surface area contributed by atoms with Gasteiger partial charge in [-0.05, 0) is 104 Å². The van der Waals surface area contributed by atoms with Gasteiger partial charge >= 0.3 is 5.97 Å². The summed E-state index contributed by atoms with van der Waals surface area (Å²) in [5.74, 6) is 1.87. The first-order valence-electron chi connectivity index (χ1n) is 13.2. The number of anilines is 1. The Labute approximate surface area is 243 Å². The fourth-order valence-electron chi connectivity index (χ4n) is 5.07. The summed E-state index contributed by atoms with van der Waals surface area (Å²) >= 11 is 5.84. The molecule has 1 aliphatic rings. The number of benzene rings is 3. The van der Waals surface area contributed by atoms with Crippen LogP contribution in [0.5, 0.6) is 11.5 Å². The van der Waals surface area contributed by atoms with Crippen molar-refractivity contribution >= 4 is 29.0 Å². The molecule has 5 aromatic rings. The summed E-state index contributed by atoms with van der Waals surface area (Å²) in [6.45, 7) is 3.91. The van der Waals surface area contributed by atoms with Crippen LogP contribution in [0.25, 0.3) is 11.3 Å². The third kappa shape index (κ3) is 5.29. The van der Waals surface area contributed by atoms with Gasteiger partial charge in [-0.1, -0.05) is 29.8 Å². The molecular weight excluding hydrogens is 534 g/mol. The number of carboxylic acid groups (broad SMARTS) is 1. The number of aryl methyl sites for hydroxylation is 2. The molecule has 0 saturated carbocycles. The Morgan fingerprint density at radius 3 is 2.34 bits per heavy atom. The van der Waals surface area contributed by atoms with Gasteiger partial charge in [0, 0.05) is 17.4 Å². The highest BCUT2D eigenvalue weighted by Crippen LogP contribution is 2.43. The number of carbonyl (C=O) groups is 1. The van der Waals surface area contributed by atoms with Gasteiger partial charge in [0.05, 0.1) is 17.3 Å². The van der Waals surface area contributed by atoms with E-state index < -0.39 is 5.97 Å². The molecule has 0 aliphatic carbocycles. The maximum absolute atomic E-state index is 11.4. The number of aromatic carboxylic acids is 1. The molecule has 0 spiro atoms. The SMILES string of the molecule is Cc1ccc(Oc2ccc(N3C(=S)N[C@H](c4ccccn4)[C@@H]3c3ccc(-c4ccc(C(=O)O)cc4C)o3)cc2)cc1. The molecule has 8 heteroatoms. The first-order valence-corrected chi connectivity index (χ1v) is 13.6. The first-order chi connectivity index (χ1) is 19.9. The molecule has 1 fully saturated rings. The van der Waals surface area contributed by atoms with E-state index in [1.807, 2.05) is 97.6 Å². The van der Waals surface area contributed by atoms with Gasteiger partial charge in [-0.2, -0.15) is 0 Å². The normalized spacial score (nSPS) is 16.4. The Kier molecular flexibility index (Phi) is 6.99. The van der Waals surface area contributed by atoms with Crippen molar-refractivity contribution in [3.05, 3.63) is 131 Å². The zero-order chi connectivity index (χ0) is 28.5. The van der Waals surface area contributed by atoms with Crippen LogP contribution in [0.3, 0.4) is 0 Å². The molecule has 0 amide bonds. The highest BCUT2D eigenvalue weighted by molar-refractivity contribution is 7.80. The van der Waals surface area contributed by atoms with Crippen molar-refractivity contribution in [1.82, 2.24) is 10.3 Å². The molecule has 2 atom stereocenters. The Bertz CT molecular complexity index is 1720. The van der Waals surface area contributed by atoms with E-state index >= 15 is 0 Å². The van der Waals surface area contributed by atoms with Gasteiger partial charge in [-0.25, -0.2) is 4.79 Å². The van der Waals surface area contributed by atoms with E-state index in [4.69, 9.17) is 21.4 Å². The third-order valence-electron chi connectivity index (χ3n) is 7.13. The van der Waals surface area contributed by atoms with Crippen LogP contribution < -0.4 is 15.0 Å². The fraction of sp³-hybridized carbons (Fsp3) is 0.121. The van der Waals surface area contributed by atoms with E-state index in [9.17, 15) is 9.90 Å². The summed E-state index contributed by atoms with van der Waals surface area (Å²) in [4.78, 5) is 18.1. The van der Waals surface area contributed by atoms with Crippen molar-refractivity contribution in [3.63, 3.8) is 0 Å². The lowest BCUT2D eigenvalue weighted by molar-refractivity contribution is 0.0696. The largest absolute Gasteiger partial charge is 0.478 e. The predicted molar refractivity (Wildman–Crippen MR) is 161 cm³/mol. The van der Waals surface area contributed by atoms with E-state index in [-0.39, 0.29) is 17.6 Å². The second-order valence-corrected chi connectivity index (χ2v) is 10.3. The van der Waals surface area contributed by atoms with Crippen LogP contribution in [-0.2, 0) is 0 Å². The standard InChI is InChI=1S/C33H27N3O4S/c1-20-6-11-24(12-7-20)39-25-13-9-23(10-14-25)36-31(30(35-33(36)41)27-5-3-4-18-34-27)29-17-16-28(40-29)26-15-8-22(32(37)38)19-21(26)2/h3-19,30-31H,1-2H3,(H,35,41)(H,37,38)/t30-,31+/m1/s1. The molecule has 0 unspecified atom stereocenters. The maximum atomic E-state index is 11.4. The quantitative estimate of drug-likeness (QED) is 0.196. The van der Waals surface area contributed by atoms with E-state index in [0.29, 0.717) is 22.4 Å². The highest BCUT2D eigenvalue weighted by atomic mass is 32.1. The van der Waals surface area contributed by atoms with Gasteiger partial charge in [0.1, 0.15) is 29.1 Å². The summed E-state index contributed by atoms with van der Waals surface area (Å²) < 4.78 is 12.5.